The van der Waals surface area contributed by atoms with Crippen molar-refractivity contribution >= 4 is 6.08 Å². The number of aliphatic hydroxyl groups is 1. The largest absolute Gasteiger partial charge is 0.497 e. The van der Waals surface area contributed by atoms with Gasteiger partial charge >= 0.3 is 0 Å². The van der Waals surface area contributed by atoms with Gasteiger partial charge in [-0.1, -0.05) is 59.7 Å². The van der Waals surface area contributed by atoms with Crippen molar-refractivity contribution in [2.75, 3.05) is 13.7 Å². The number of azide groups is 1. The van der Waals surface area contributed by atoms with Gasteiger partial charge in [0.05, 0.1) is 32.0 Å². The van der Waals surface area contributed by atoms with Gasteiger partial charge in [-0.3, -0.25) is 0 Å². The molecule has 0 radical (unpaired) electrons. The lowest BCUT2D eigenvalue weighted by Gasteiger charge is -2.26. The van der Waals surface area contributed by atoms with Crippen LogP contribution in [-0.4, -0.2) is 30.5 Å². The van der Waals surface area contributed by atoms with Crippen molar-refractivity contribution in [2.45, 2.75) is 25.2 Å². The quantitative estimate of drug-likeness (QED) is 0.413. The Kier molecular flexibility index (Phi) is 7.24. The minimum absolute atomic E-state index is 0.0529. The second-order valence-corrected chi connectivity index (χ2v) is 6.04. The molecule has 0 aliphatic carbocycles. The van der Waals surface area contributed by atoms with Gasteiger partial charge < -0.3 is 14.6 Å². The second-order valence-electron chi connectivity index (χ2n) is 6.04. The molecule has 2 aromatic carbocycles. The fraction of sp³-hybridized carbons (Fsp3) is 0.300. The lowest BCUT2D eigenvalue weighted by molar-refractivity contribution is 0.00378. The molecule has 0 heterocycles. The first-order valence-electron chi connectivity index (χ1n) is 8.26. The van der Waals surface area contributed by atoms with Gasteiger partial charge in [-0.2, -0.15) is 0 Å². The summed E-state index contributed by atoms with van der Waals surface area (Å²) in [7, 11) is 1.61. The van der Waals surface area contributed by atoms with E-state index in [0.29, 0.717) is 6.61 Å². The number of hydrogen-bond donors (Lipinski definition) is 1. The number of hydrogen-bond acceptors (Lipinski definition) is 4. The van der Waals surface area contributed by atoms with Gasteiger partial charge in [0.1, 0.15) is 5.75 Å². The maximum absolute atomic E-state index is 10.5. The first-order chi connectivity index (χ1) is 12.6. The smallest absolute Gasteiger partial charge is 0.118 e. The average Bonchev–Trinajstić information content (AvgIpc) is 2.68. The molecule has 0 bridgehead atoms. The van der Waals surface area contributed by atoms with Crippen LogP contribution in [0.1, 0.15) is 18.1 Å². The summed E-state index contributed by atoms with van der Waals surface area (Å²) in [5.74, 6) is 0.759. The van der Waals surface area contributed by atoms with Crippen molar-refractivity contribution in [3.05, 3.63) is 82.2 Å². The Bertz CT molecular complexity index is 756. The van der Waals surface area contributed by atoms with Crippen molar-refractivity contribution in [3.8, 4) is 5.75 Å². The molecule has 2 unspecified atom stereocenters. The fourth-order valence-electron chi connectivity index (χ4n) is 2.32. The molecule has 0 fully saturated rings. The van der Waals surface area contributed by atoms with Gasteiger partial charge in [0.15, 0.2) is 0 Å². The zero-order valence-electron chi connectivity index (χ0n) is 14.9. The Labute approximate surface area is 153 Å². The number of ether oxygens (including phenoxy) is 2. The third-order valence-electron chi connectivity index (χ3n) is 4.05. The summed E-state index contributed by atoms with van der Waals surface area (Å²) in [5.41, 5.74) is 9.67. The van der Waals surface area contributed by atoms with Crippen LogP contribution >= 0.6 is 0 Å². The number of aliphatic hydroxyl groups excluding tert-OH is 1. The van der Waals surface area contributed by atoms with Crippen molar-refractivity contribution < 1.29 is 14.6 Å². The number of benzene rings is 2. The summed E-state index contributed by atoms with van der Waals surface area (Å²) in [6, 6.07) is 17.1. The Hall–Kier alpha value is -2.79. The zero-order valence-corrected chi connectivity index (χ0v) is 14.9. The molecule has 0 aromatic heterocycles. The Morgan fingerprint density at radius 3 is 2.50 bits per heavy atom. The van der Waals surface area contributed by atoms with Crippen LogP contribution in [0.25, 0.3) is 16.5 Å². The number of nitrogens with zero attached hydrogens (tertiary/aromatic N) is 3. The number of methoxy groups -OCH3 is 1. The Morgan fingerprint density at radius 2 is 1.88 bits per heavy atom. The van der Waals surface area contributed by atoms with Crippen LogP contribution in [0.4, 0.5) is 0 Å². The molecule has 0 saturated heterocycles. The average molecular weight is 353 g/mol. The van der Waals surface area contributed by atoms with Crippen molar-refractivity contribution in [1.29, 1.82) is 0 Å². The van der Waals surface area contributed by atoms with E-state index < -0.39 is 11.6 Å². The van der Waals surface area contributed by atoms with E-state index in [1.54, 1.807) is 26.2 Å². The van der Waals surface area contributed by atoms with Crippen molar-refractivity contribution in [2.24, 2.45) is 5.11 Å². The summed E-state index contributed by atoms with van der Waals surface area (Å²) in [6.45, 7) is 2.10. The third-order valence-corrected chi connectivity index (χ3v) is 4.05. The molecule has 2 atom stereocenters. The van der Waals surface area contributed by atoms with Crippen LogP contribution in [-0.2, 0) is 11.3 Å². The molecule has 136 valence electrons. The SMILES string of the molecule is COc1ccc(/C=C/C(C)(N=[N+]=[N-])C(O)COCc2ccccc2)cc1. The predicted octanol–water partition coefficient (Wildman–Crippen LogP) is 4.36. The van der Waals surface area contributed by atoms with Gasteiger partial charge in [-0.05, 0) is 35.7 Å². The van der Waals surface area contributed by atoms with E-state index in [0.717, 1.165) is 16.9 Å². The van der Waals surface area contributed by atoms with Crippen molar-refractivity contribution in [3.63, 3.8) is 0 Å². The highest BCUT2D eigenvalue weighted by Gasteiger charge is 2.29. The van der Waals surface area contributed by atoms with Crippen LogP contribution in [0.5, 0.6) is 5.75 Å². The van der Waals surface area contributed by atoms with Crippen LogP contribution in [0.2, 0.25) is 0 Å². The fourth-order valence-corrected chi connectivity index (χ4v) is 2.32. The summed E-state index contributed by atoms with van der Waals surface area (Å²) < 4.78 is 10.7. The van der Waals surface area contributed by atoms with Crippen molar-refractivity contribution in [1.82, 2.24) is 0 Å². The van der Waals surface area contributed by atoms with E-state index in [4.69, 9.17) is 15.0 Å². The van der Waals surface area contributed by atoms with E-state index in [2.05, 4.69) is 10.0 Å². The highest BCUT2D eigenvalue weighted by atomic mass is 16.5. The monoisotopic (exact) mass is 353 g/mol. The topological polar surface area (TPSA) is 87.5 Å². The standard InChI is InChI=1S/C20H23N3O3/c1-20(22-23-21,13-12-16-8-10-18(25-2)11-9-16)19(24)15-26-14-17-6-4-3-5-7-17/h3-13,19,24H,14-15H2,1-2H3/b13-12+. The highest BCUT2D eigenvalue weighted by Crippen LogP contribution is 2.22. The first kappa shape index (κ1) is 19.5. The zero-order chi connectivity index (χ0) is 18.8. The van der Waals surface area contributed by atoms with Crippen LogP contribution in [0.15, 0.2) is 65.8 Å². The molecule has 2 aromatic rings. The molecule has 2 rings (SSSR count). The summed E-state index contributed by atoms with van der Waals surface area (Å²) >= 11 is 0. The summed E-state index contributed by atoms with van der Waals surface area (Å²) in [6.07, 6.45) is 2.51. The normalized spacial score (nSPS) is 14.4. The van der Waals surface area contributed by atoms with Gasteiger partial charge in [-0.15, -0.1) is 0 Å². The van der Waals surface area contributed by atoms with E-state index in [1.165, 1.54) is 0 Å². The molecular weight excluding hydrogens is 330 g/mol. The molecule has 0 aliphatic heterocycles. The minimum Gasteiger partial charge on any atom is -0.497 e. The maximum atomic E-state index is 10.5. The molecule has 6 nitrogen and oxygen atoms in total. The summed E-state index contributed by atoms with van der Waals surface area (Å²) in [4.78, 5) is 2.87. The van der Waals surface area contributed by atoms with Gasteiger partial charge in [0.2, 0.25) is 0 Å². The second kappa shape index (κ2) is 9.63. The minimum atomic E-state index is -1.12. The first-order valence-corrected chi connectivity index (χ1v) is 8.26. The molecule has 0 saturated carbocycles. The highest BCUT2D eigenvalue weighted by molar-refractivity contribution is 5.52. The van der Waals surface area contributed by atoms with Gasteiger partial charge in [0, 0.05) is 4.91 Å². The Balaban J connectivity index is 2.01. The molecule has 6 heteroatoms. The van der Waals surface area contributed by atoms with E-state index in [-0.39, 0.29) is 6.61 Å². The van der Waals surface area contributed by atoms with E-state index >= 15 is 0 Å². The molecular formula is C20H23N3O3. The van der Waals surface area contributed by atoms with E-state index in [9.17, 15) is 5.11 Å². The van der Waals surface area contributed by atoms with Crippen LogP contribution < -0.4 is 4.74 Å². The number of rotatable bonds is 9. The predicted molar refractivity (Wildman–Crippen MR) is 102 cm³/mol. The molecule has 1 N–H and O–H groups in total. The molecule has 0 spiro atoms. The maximum Gasteiger partial charge on any atom is 0.118 e. The molecule has 0 amide bonds. The summed E-state index contributed by atoms with van der Waals surface area (Å²) in [5, 5.41) is 14.2. The lowest BCUT2D eigenvalue weighted by Crippen LogP contribution is -2.38. The van der Waals surface area contributed by atoms with Crippen LogP contribution in [0, 0.1) is 0 Å². The lowest BCUT2D eigenvalue weighted by atomic mass is 9.94. The van der Waals surface area contributed by atoms with Gasteiger partial charge in [0.25, 0.3) is 0 Å². The Morgan fingerprint density at radius 1 is 1.19 bits per heavy atom. The van der Waals surface area contributed by atoms with Crippen LogP contribution in [0.3, 0.4) is 0 Å². The van der Waals surface area contributed by atoms with Gasteiger partial charge in [-0.25, -0.2) is 0 Å². The third kappa shape index (κ3) is 5.63. The molecule has 0 aliphatic rings. The molecule has 26 heavy (non-hydrogen) atoms. The van der Waals surface area contributed by atoms with E-state index in [1.807, 2.05) is 54.6 Å².